The van der Waals surface area contributed by atoms with Crippen LogP contribution in [-0.2, 0) is 10.0 Å². The fraction of sp³-hybridized carbons (Fsp3) is 0.385. The summed E-state index contributed by atoms with van der Waals surface area (Å²) in [5.74, 6) is 5.52. The van der Waals surface area contributed by atoms with Gasteiger partial charge >= 0.3 is 0 Å². The zero-order valence-corrected chi connectivity index (χ0v) is 11.8. The first-order valence-electron chi connectivity index (χ1n) is 5.81. The lowest BCUT2D eigenvalue weighted by atomic mass is 10.2. The second-order valence-corrected chi connectivity index (χ2v) is 6.08. The predicted octanol–water partition coefficient (Wildman–Crippen LogP) is -0.00190. The first-order chi connectivity index (χ1) is 8.93. The Morgan fingerprint density at radius 3 is 2.42 bits per heavy atom. The van der Waals surface area contributed by atoms with Crippen LogP contribution in [-0.4, -0.2) is 44.1 Å². The zero-order chi connectivity index (χ0) is 14.5. The molecule has 19 heavy (non-hydrogen) atoms. The third kappa shape index (κ3) is 3.78. The van der Waals surface area contributed by atoms with E-state index in [-0.39, 0.29) is 18.0 Å². The van der Waals surface area contributed by atoms with Crippen molar-refractivity contribution < 1.29 is 13.5 Å². The Kier molecular flexibility index (Phi) is 5.51. The lowest BCUT2D eigenvalue weighted by molar-refractivity contribution is 0.214. The van der Waals surface area contributed by atoms with Crippen molar-refractivity contribution in [1.82, 2.24) is 4.31 Å². The molecule has 1 aromatic rings. The lowest BCUT2D eigenvalue weighted by Gasteiger charge is -2.22. The Hall–Kier alpha value is -1.39. The molecule has 0 aromatic heterocycles. The van der Waals surface area contributed by atoms with Crippen molar-refractivity contribution in [3.8, 4) is 11.8 Å². The number of aliphatic hydroxyl groups excluding tert-OH is 1. The Balaban J connectivity index is 3.03. The maximum atomic E-state index is 12.2. The number of nitrogens with zero attached hydrogens (tertiary/aromatic N) is 1. The van der Waals surface area contributed by atoms with Crippen LogP contribution in [0.1, 0.15) is 12.5 Å². The zero-order valence-electron chi connectivity index (χ0n) is 11.0. The molecule has 0 saturated carbocycles. The number of nitrogens with two attached hydrogens (primary N) is 1. The number of likely N-dealkylation sites (N-methyl/N-ethyl adjacent to an activating group) is 1. The molecule has 0 fully saturated rings. The van der Waals surface area contributed by atoms with Gasteiger partial charge in [0, 0.05) is 18.7 Å². The highest BCUT2D eigenvalue weighted by atomic mass is 32.2. The Labute approximate surface area is 114 Å². The molecule has 0 aliphatic rings. The van der Waals surface area contributed by atoms with Crippen molar-refractivity contribution >= 4 is 10.0 Å². The quantitative estimate of drug-likeness (QED) is 0.761. The van der Waals surface area contributed by atoms with Gasteiger partial charge in [0.1, 0.15) is 0 Å². The summed E-state index contributed by atoms with van der Waals surface area (Å²) in [7, 11) is -2.14. The van der Waals surface area contributed by atoms with E-state index < -0.39 is 16.1 Å². The molecule has 3 N–H and O–H groups in total. The molecule has 0 amide bonds. The van der Waals surface area contributed by atoms with E-state index in [2.05, 4.69) is 11.8 Å². The molecule has 1 unspecified atom stereocenters. The number of hydrogen-bond donors (Lipinski definition) is 2. The van der Waals surface area contributed by atoms with Gasteiger partial charge in [-0.05, 0) is 31.2 Å². The number of rotatable bonds is 4. The molecule has 1 atom stereocenters. The van der Waals surface area contributed by atoms with Gasteiger partial charge in [0.2, 0.25) is 10.0 Å². The highest BCUT2D eigenvalue weighted by Gasteiger charge is 2.24. The summed E-state index contributed by atoms with van der Waals surface area (Å²) in [4.78, 5) is 0.175. The van der Waals surface area contributed by atoms with E-state index in [4.69, 9.17) is 10.8 Å². The van der Waals surface area contributed by atoms with Crippen LogP contribution in [0.4, 0.5) is 0 Å². The van der Waals surface area contributed by atoms with E-state index in [1.807, 2.05) is 0 Å². The first kappa shape index (κ1) is 15.7. The molecule has 0 heterocycles. The summed E-state index contributed by atoms with van der Waals surface area (Å²) in [6.45, 7) is 1.67. The van der Waals surface area contributed by atoms with Gasteiger partial charge in [-0.3, -0.25) is 0 Å². The topological polar surface area (TPSA) is 83.6 Å². The minimum Gasteiger partial charge on any atom is -0.395 e. The maximum Gasteiger partial charge on any atom is 0.243 e. The lowest BCUT2D eigenvalue weighted by Crippen LogP contribution is -2.37. The molecular weight excluding hydrogens is 264 g/mol. The molecule has 6 heteroatoms. The minimum absolute atomic E-state index is 0.175. The van der Waals surface area contributed by atoms with Crippen molar-refractivity contribution in [2.24, 2.45) is 5.73 Å². The Morgan fingerprint density at radius 1 is 1.37 bits per heavy atom. The fourth-order valence-corrected chi connectivity index (χ4v) is 2.73. The highest BCUT2D eigenvalue weighted by Crippen LogP contribution is 2.16. The fourth-order valence-electron chi connectivity index (χ4n) is 1.38. The molecule has 0 spiro atoms. The van der Waals surface area contributed by atoms with Crippen LogP contribution in [0.15, 0.2) is 29.2 Å². The predicted molar refractivity (Wildman–Crippen MR) is 73.9 cm³/mol. The standard InChI is InChI=1S/C13H18N2O3S/c1-11(10-16)15(2)19(17,18)13-7-5-12(6-8-13)4-3-9-14/h5-8,11,16H,9-10,14H2,1-2H3. The van der Waals surface area contributed by atoms with Crippen LogP contribution in [0.25, 0.3) is 0 Å². The van der Waals surface area contributed by atoms with Gasteiger partial charge in [0.15, 0.2) is 0 Å². The van der Waals surface area contributed by atoms with Crippen molar-refractivity contribution in [1.29, 1.82) is 0 Å². The van der Waals surface area contributed by atoms with E-state index in [1.54, 1.807) is 19.1 Å². The van der Waals surface area contributed by atoms with Crippen LogP contribution >= 0.6 is 0 Å². The third-order valence-corrected chi connectivity index (χ3v) is 4.74. The van der Waals surface area contributed by atoms with Gasteiger partial charge in [-0.1, -0.05) is 11.8 Å². The summed E-state index contributed by atoms with van der Waals surface area (Å²) >= 11 is 0. The molecule has 104 valence electrons. The Morgan fingerprint density at radius 2 is 1.95 bits per heavy atom. The van der Waals surface area contributed by atoms with Crippen molar-refractivity contribution in [3.05, 3.63) is 29.8 Å². The number of aliphatic hydroxyl groups is 1. The van der Waals surface area contributed by atoms with E-state index in [9.17, 15) is 8.42 Å². The van der Waals surface area contributed by atoms with E-state index in [1.165, 1.54) is 19.2 Å². The Bertz CT molecular complexity index is 570. The number of sulfonamides is 1. The number of benzene rings is 1. The molecular formula is C13H18N2O3S. The van der Waals surface area contributed by atoms with Crippen LogP contribution in [0.5, 0.6) is 0 Å². The molecule has 0 bridgehead atoms. The first-order valence-corrected chi connectivity index (χ1v) is 7.25. The van der Waals surface area contributed by atoms with Crippen molar-refractivity contribution in [3.63, 3.8) is 0 Å². The van der Waals surface area contributed by atoms with Crippen molar-refractivity contribution in [2.75, 3.05) is 20.2 Å². The summed E-state index contributed by atoms with van der Waals surface area (Å²) in [6, 6.07) is 5.79. The second-order valence-electron chi connectivity index (χ2n) is 4.08. The normalized spacial score (nSPS) is 12.9. The molecule has 0 saturated heterocycles. The molecule has 5 nitrogen and oxygen atoms in total. The molecule has 1 aromatic carbocycles. The average Bonchev–Trinajstić information content (AvgIpc) is 2.43. The van der Waals surface area contributed by atoms with E-state index in [0.29, 0.717) is 5.56 Å². The van der Waals surface area contributed by atoms with Gasteiger partial charge in [-0.2, -0.15) is 4.31 Å². The third-order valence-electron chi connectivity index (χ3n) is 2.75. The molecule has 0 aliphatic carbocycles. The molecule has 0 aliphatic heterocycles. The SMILES string of the molecule is CC(CO)N(C)S(=O)(=O)c1ccc(C#CCN)cc1. The van der Waals surface area contributed by atoms with Crippen LogP contribution in [0.3, 0.4) is 0 Å². The van der Waals surface area contributed by atoms with Gasteiger partial charge < -0.3 is 10.8 Å². The van der Waals surface area contributed by atoms with Crippen molar-refractivity contribution in [2.45, 2.75) is 17.9 Å². The van der Waals surface area contributed by atoms with Crippen LogP contribution in [0.2, 0.25) is 0 Å². The monoisotopic (exact) mass is 282 g/mol. The average molecular weight is 282 g/mol. The maximum absolute atomic E-state index is 12.2. The summed E-state index contributed by atoms with van der Waals surface area (Å²) < 4.78 is 25.6. The smallest absolute Gasteiger partial charge is 0.243 e. The van der Waals surface area contributed by atoms with Gasteiger partial charge in [0.25, 0.3) is 0 Å². The van der Waals surface area contributed by atoms with E-state index in [0.717, 1.165) is 4.31 Å². The van der Waals surface area contributed by atoms with Crippen LogP contribution < -0.4 is 5.73 Å². The summed E-state index contributed by atoms with van der Waals surface area (Å²) in [5, 5.41) is 9.02. The van der Waals surface area contributed by atoms with Gasteiger partial charge in [-0.15, -0.1) is 0 Å². The minimum atomic E-state index is -3.59. The summed E-state index contributed by atoms with van der Waals surface area (Å²) in [6.07, 6.45) is 0. The second kappa shape index (κ2) is 6.68. The van der Waals surface area contributed by atoms with Crippen LogP contribution in [0, 0.1) is 11.8 Å². The highest BCUT2D eigenvalue weighted by molar-refractivity contribution is 7.89. The summed E-state index contributed by atoms with van der Waals surface area (Å²) in [5.41, 5.74) is 5.97. The van der Waals surface area contributed by atoms with E-state index >= 15 is 0 Å². The molecule has 1 rings (SSSR count). The molecule has 0 radical (unpaired) electrons. The van der Waals surface area contributed by atoms with Gasteiger partial charge in [-0.25, -0.2) is 8.42 Å². The van der Waals surface area contributed by atoms with Gasteiger partial charge in [0.05, 0.1) is 18.0 Å². The largest absolute Gasteiger partial charge is 0.395 e. The number of hydrogen-bond acceptors (Lipinski definition) is 4.